The molecule has 0 bridgehead atoms. The molecular formula is C13H17ClN2O. The molecule has 0 aliphatic rings. The van der Waals surface area contributed by atoms with Crippen LogP contribution in [-0.2, 0) is 4.79 Å². The number of halogens is 1. The normalized spacial score (nSPS) is 8.53. The van der Waals surface area contributed by atoms with Crippen molar-refractivity contribution in [2.45, 2.75) is 0 Å². The zero-order valence-corrected chi connectivity index (χ0v) is 10.5. The Kier molecular flexibility index (Phi) is 9.86. The average Bonchev–Trinajstić information content (AvgIpc) is 2.40. The van der Waals surface area contributed by atoms with Crippen LogP contribution in [-0.4, -0.2) is 34.8 Å². The lowest BCUT2D eigenvalue weighted by Crippen LogP contribution is -2.32. The van der Waals surface area contributed by atoms with Gasteiger partial charge in [-0.3, -0.25) is 9.78 Å². The molecule has 0 N–H and O–H groups in total. The minimum absolute atomic E-state index is 0.0156. The molecule has 17 heavy (non-hydrogen) atoms. The summed E-state index contributed by atoms with van der Waals surface area (Å²) in [5, 5.41) is 0. The highest BCUT2D eigenvalue weighted by Crippen LogP contribution is 1.92. The number of alkyl halides is 1. The number of nitrogens with zero attached hydrogens (tertiary/aromatic N) is 2. The van der Waals surface area contributed by atoms with Crippen molar-refractivity contribution in [3.05, 3.63) is 55.9 Å². The van der Waals surface area contributed by atoms with Crippen LogP contribution in [0.3, 0.4) is 0 Å². The van der Waals surface area contributed by atoms with Crippen LogP contribution in [0.1, 0.15) is 0 Å². The van der Waals surface area contributed by atoms with E-state index in [0.717, 1.165) is 0 Å². The first-order valence-electron chi connectivity index (χ1n) is 5.16. The molecule has 1 heterocycles. The van der Waals surface area contributed by atoms with Gasteiger partial charge in [0.2, 0.25) is 5.91 Å². The molecule has 1 aromatic heterocycles. The van der Waals surface area contributed by atoms with Crippen LogP contribution in [0, 0.1) is 0 Å². The summed E-state index contributed by atoms with van der Waals surface area (Å²) in [4.78, 5) is 16.4. The van der Waals surface area contributed by atoms with E-state index in [0.29, 0.717) is 13.1 Å². The molecule has 0 saturated heterocycles. The second-order valence-electron chi connectivity index (χ2n) is 3.03. The van der Waals surface area contributed by atoms with Crippen molar-refractivity contribution in [1.29, 1.82) is 0 Å². The second-order valence-corrected chi connectivity index (χ2v) is 3.30. The van der Waals surface area contributed by atoms with Gasteiger partial charge in [-0.15, -0.1) is 24.8 Å². The molecule has 3 nitrogen and oxygen atoms in total. The van der Waals surface area contributed by atoms with Crippen molar-refractivity contribution < 1.29 is 4.79 Å². The number of carbonyl (C=O) groups excluding carboxylic acids is 1. The molecule has 1 rings (SSSR count). The average molecular weight is 253 g/mol. The zero-order chi connectivity index (χ0) is 12.9. The van der Waals surface area contributed by atoms with Crippen molar-refractivity contribution in [2.24, 2.45) is 0 Å². The molecule has 0 unspecified atom stereocenters. The molecule has 1 amide bonds. The Labute approximate surface area is 107 Å². The molecule has 0 saturated carbocycles. The maximum Gasteiger partial charge on any atom is 0.238 e. The number of amides is 1. The molecule has 92 valence electrons. The number of hydrogen-bond donors (Lipinski definition) is 0. The molecule has 0 aromatic carbocycles. The third-order valence-corrected chi connectivity index (χ3v) is 1.96. The van der Waals surface area contributed by atoms with Crippen molar-refractivity contribution >= 4 is 17.5 Å². The molecule has 0 aliphatic heterocycles. The Morgan fingerprint density at radius 3 is 1.94 bits per heavy atom. The minimum Gasteiger partial charge on any atom is -0.334 e. The number of carbonyl (C=O) groups is 1. The first-order chi connectivity index (χ1) is 8.26. The summed E-state index contributed by atoms with van der Waals surface area (Å²) >= 11 is 5.36. The van der Waals surface area contributed by atoms with Crippen LogP contribution in [0.5, 0.6) is 0 Å². The van der Waals surface area contributed by atoms with E-state index >= 15 is 0 Å². The van der Waals surface area contributed by atoms with Crippen LogP contribution in [0.4, 0.5) is 0 Å². The Bertz CT molecular complexity index is 291. The lowest BCUT2D eigenvalue weighted by molar-refractivity contribution is -0.127. The summed E-state index contributed by atoms with van der Waals surface area (Å²) in [6.45, 7) is 8.11. The SMILES string of the molecule is C=CCN(CC=C)C(=O)CCl.c1ccncc1. The largest absolute Gasteiger partial charge is 0.334 e. The van der Waals surface area contributed by atoms with Crippen LogP contribution in [0.15, 0.2) is 55.9 Å². The number of pyridine rings is 1. The van der Waals surface area contributed by atoms with Gasteiger partial charge in [-0.25, -0.2) is 0 Å². The first-order valence-corrected chi connectivity index (χ1v) is 5.70. The van der Waals surface area contributed by atoms with Gasteiger partial charge in [0, 0.05) is 25.5 Å². The summed E-state index contributed by atoms with van der Waals surface area (Å²) in [6, 6.07) is 5.72. The van der Waals surface area contributed by atoms with Crippen LogP contribution >= 0.6 is 11.6 Å². The third kappa shape index (κ3) is 8.22. The van der Waals surface area contributed by atoms with Crippen LogP contribution in [0.25, 0.3) is 0 Å². The predicted octanol–water partition coefficient (Wildman–Crippen LogP) is 2.51. The van der Waals surface area contributed by atoms with E-state index in [4.69, 9.17) is 11.6 Å². The van der Waals surface area contributed by atoms with Crippen molar-refractivity contribution in [3.8, 4) is 0 Å². The fourth-order valence-electron chi connectivity index (χ4n) is 0.987. The molecular weight excluding hydrogens is 236 g/mol. The molecule has 0 spiro atoms. The Morgan fingerprint density at radius 2 is 1.71 bits per heavy atom. The highest BCUT2D eigenvalue weighted by molar-refractivity contribution is 6.27. The monoisotopic (exact) mass is 252 g/mol. The van der Waals surface area contributed by atoms with Crippen molar-refractivity contribution in [3.63, 3.8) is 0 Å². The summed E-state index contributed by atoms with van der Waals surface area (Å²) < 4.78 is 0. The second kappa shape index (κ2) is 10.9. The van der Waals surface area contributed by atoms with Gasteiger partial charge in [-0.2, -0.15) is 0 Å². The van der Waals surface area contributed by atoms with E-state index in [2.05, 4.69) is 18.1 Å². The summed E-state index contributed by atoms with van der Waals surface area (Å²) in [7, 11) is 0. The van der Waals surface area contributed by atoms with E-state index < -0.39 is 0 Å². The highest BCUT2D eigenvalue weighted by atomic mass is 35.5. The fraction of sp³-hybridized carbons (Fsp3) is 0.231. The van der Waals surface area contributed by atoms with Gasteiger partial charge in [0.25, 0.3) is 0 Å². The quantitative estimate of drug-likeness (QED) is 0.596. The van der Waals surface area contributed by atoms with Crippen LogP contribution in [0.2, 0.25) is 0 Å². The highest BCUT2D eigenvalue weighted by Gasteiger charge is 2.07. The van der Waals surface area contributed by atoms with Crippen LogP contribution < -0.4 is 0 Å². The van der Waals surface area contributed by atoms with Gasteiger partial charge in [0.05, 0.1) is 0 Å². The first kappa shape index (κ1) is 15.4. The molecule has 4 heteroatoms. The number of hydrogen-bond acceptors (Lipinski definition) is 2. The maximum atomic E-state index is 11.0. The van der Waals surface area contributed by atoms with Gasteiger partial charge < -0.3 is 4.90 Å². The predicted molar refractivity (Wildman–Crippen MR) is 71.9 cm³/mol. The van der Waals surface area contributed by atoms with Gasteiger partial charge >= 0.3 is 0 Å². The number of aromatic nitrogens is 1. The lowest BCUT2D eigenvalue weighted by Gasteiger charge is -2.17. The van der Waals surface area contributed by atoms with E-state index in [1.165, 1.54) is 0 Å². The molecule has 1 aromatic rings. The lowest BCUT2D eigenvalue weighted by atomic mass is 10.4. The minimum atomic E-state index is -0.0912. The molecule has 0 atom stereocenters. The molecule has 0 radical (unpaired) electrons. The fourth-order valence-corrected chi connectivity index (χ4v) is 1.16. The molecule has 0 aliphatic carbocycles. The van der Waals surface area contributed by atoms with E-state index in [9.17, 15) is 4.79 Å². The van der Waals surface area contributed by atoms with E-state index in [1.54, 1.807) is 29.4 Å². The zero-order valence-electron chi connectivity index (χ0n) is 9.76. The Morgan fingerprint density at radius 1 is 1.18 bits per heavy atom. The van der Waals surface area contributed by atoms with E-state index in [1.807, 2.05) is 18.2 Å². The topological polar surface area (TPSA) is 33.2 Å². The van der Waals surface area contributed by atoms with Gasteiger partial charge in [0.15, 0.2) is 0 Å². The van der Waals surface area contributed by atoms with E-state index in [-0.39, 0.29) is 11.8 Å². The standard InChI is InChI=1S/C8H12ClNO.C5H5N/c1-3-5-10(6-4-2)8(11)7-9;1-2-4-6-5-3-1/h3-4H,1-2,5-7H2;1-5H. The summed E-state index contributed by atoms with van der Waals surface area (Å²) in [6.07, 6.45) is 6.82. The Balaban J connectivity index is 0.000000354. The smallest absolute Gasteiger partial charge is 0.238 e. The Hall–Kier alpha value is -1.61. The third-order valence-electron chi connectivity index (χ3n) is 1.73. The molecule has 0 fully saturated rings. The van der Waals surface area contributed by atoms with Gasteiger partial charge in [0.1, 0.15) is 5.88 Å². The van der Waals surface area contributed by atoms with Crippen molar-refractivity contribution in [2.75, 3.05) is 19.0 Å². The van der Waals surface area contributed by atoms with Gasteiger partial charge in [-0.05, 0) is 12.1 Å². The summed E-state index contributed by atoms with van der Waals surface area (Å²) in [5.41, 5.74) is 0. The van der Waals surface area contributed by atoms with Gasteiger partial charge in [-0.1, -0.05) is 18.2 Å². The number of rotatable bonds is 5. The maximum absolute atomic E-state index is 11.0. The summed E-state index contributed by atoms with van der Waals surface area (Å²) in [5.74, 6) is -0.0757. The van der Waals surface area contributed by atoms with Crippen molar-refractivity contribution in [1.82, 2.24) is 9.88 Å².